The standard InChI is InChI=1S/C14H21N5O2/c1-3-5-6-7-19(21,4-2)14(20)11-8-16-13-10(12(11)15)9-17-18-13/h8-9,21H,3-7H2,1-2H3,(H2-,15,16,17,18,20)/p+1. The number of rotatable bonds is 6. The van der Waals surface area contributed by atoms with Crippen LogP contribution in [0.5, 0.6) is 0 Å². The Hall–Kier alpha value is -1.99. The molecule has 2 heterocycles. The third-order valence-corrected chi connectivity index (χ3v) is 3.79. The van der Waals surface area contributed by atoms with Crippen LogP contribution >= 0.6 is 0 Å². The Bertz CT molecular complexity index is 639. The minimum absolute atomic E-state index is 0.241. The fourth-order valence-electron chi connectivity index (χ4n) is 2.34. The minimum atomic E-state index is -0.644. The summed E-state index contributed by atoms with van der Waals surface area (Å²) in [7, 11) is 0. The van der Waals surface area contributed by atoms with E-state index >= 15 is 0 Å². The second-order valence-electron chi connectivity index (χ2n) is 5.19. The monoisotopic (exact) mass is 292 g/mol. The molecule has 2 aromatic rings. The number of carbonyl (C=O) groups is 1. The highest BCUT2D eigenvalue weighted by Gasteiger charge is 2.36. The van der Waals surface area contributed by atoms with Crippen LogP contribution in [0.4, 0.5) is 5.69 Å². The van der Waals surface area contributed by atoms with Gasteiger partial charge in [-0.15, -0.1) is 4.65 Å². The van der Waals surface area contributed by atoms with E-state index in [1.54, 1.807) is 6.92 Å². The number of nitrogens with zero attached hydrogens (tertiary/aromatic N) is 3. The summed E-state index contributed by atoms with van der Waals surface area (Å²) in [6.45, 7) is 4.54. The van der Waals surface area contributed by atoms with Crippen molar-refractivity contribution in [2.75, 3.05) is 18.8 Å². The van der Waals surface area contributed by atoms with Gasteiger partial charge in [0.2, 0.25) is 0 Å². The van der Waals surface area contributed by atoms with E-state index < -0.39 is 10.6 Å². The van der Waals surface area contributed by atoms with Crippen LogP contribution in [0.1, 0.15) is 43.5 Å². The fraction of sp³-hybridized carbons (Fsp3) is 0.500. The summed E-state index contributed by atoms with van der Waals surface area (Å²) in [6.07, 6.45) is 5.72. The number of pyridine rings is 1. The summed E-state index contributed by atoms with van der Waals surface area (Å²) in [5, 5.41) is 17.8. The number of nitrogen functional groups attached to an aromatic ring is 1. The lowest BCUT2D eigenvalue weighted by atomic mass is 10.1. The first-order chi connectivity index (χ1) is 10.0. The highest BCUT2D eigenvalue weighted by Crippen LogP contribution is 2.24. The quantitative estimate of drug-likeness (QED) is 0.327. The summed E-state index contributed by atoms with van der Waals surface area (Å²) >= 11 is 0. The van der Waals surface area contributed by atoms with Gasteiger partial charge in [-0.3, -0.25) is 5.10 Å². The van der Waals surface area contributed by atoms with Crippen molar-refractivity contribution in [1.29, 1.82) is 0 Å². The van der Waals surface area contributed by atoms with E-state index in [2.05, 4.69) is 22.1 Å². The number of H-pyrrole nitrogens is 1. The maximum Gasteiger partial charge on any atom is 0.381 e. The van der Waals surface area contributed by atoms with E-state index in [-0.39, 0.29) is 5.56 Å². The summed E-state index contributed by atoms with van der Waals surface area (Å²) in [4.78, 5) is 16.8. The van der Waals surface area contributed by atoms with Crippen molar-refractivity contribution < 1.29 is 14.6 Å². The number of hydrogen-bond donors (Lipinski definition) is 3. The maximum absolute atomic E-state index is 12.6. The van der Waals surface area contributed by atoms with Gasteiger partial charge in [0.05, 0.1) is 17.3 Å². The molecule has 2 rings (SSSR count). The first-order valence-electron chi connectivity index (χ1n) is 7.25. The van der Waals surface area contributed by atoms with Crippen LogP contribution in [0.3, 0.4) is 0 Å². The van der Waals surface area contributed by atoms with Gasteiger partial charge >= 0.3 is 5.91 Å². The van der Waals surface area contributed by atoms with Crippen LogP contribution in [-0.4, -0.2) is 44.0 Å². The van der Waals surface area contributed by atoms with Crippen LogP contribution in [0.15, 0.2) is 12.4 Å². The van der Waals surface area contributed by atoms with E-state index in [9.17, 15) is 10.0 Å². The van der Waals surface area contributed by atoms with Gasteiger partial charge in [0.15, 0.2) is 5.65 Å². The van der Waals surface area contributed by atoms with Crippen molar-refractivity contribution in [2.45, 2.75) is 33.1 Å². The lowest BCUT2D eigenvalue weighted by Gasteiger charge is -2.26. The molecule has 0 bridgehead atoms. The van der Waals surface area contributed by atoms with Crippen LogP contribution < -0.4 is 5.73 Å². The molecule has 21 heavy (non-hydrogen) atoms. The predicted molar refractivity (Wildman–Crippen MR) is 79.6 cm³/mol. The van der Waals surface area contributed by atoms with Gasteiger partial charge in [0, 0.05) is 6.20 Å². The topological polar surface area (TPSA) is 105 Å². The number of quaternary nitrogens is 1. The third-order valence-electron chi connectivity index (χ3n) is 3.79. The molecule has 0 saturated heterocycles. The first-order valence-corrected chi connectivity index (χ1v) is 7.25. The second-order valence-corrected chi connectivity index (χ2v) is 5.19. The first kappa shape index (κ1) is 15.4. The van der Waals surface area contributed by atoms with Crippen molar-refractivity contribution in [3.05, 3.63) is 18.0 Å². The van der Waals surface area contributed by atoms with E-state index in [0.29, 0.717) is 29.8 Å². The van der Waals surface area contributed by atoms with Crippen LogP contribution in [-0.2, 0) is 0 Å². The fourth-order valence-corrected chi connectivity index (χ4v) is 2.34. The molecule has 4 N–H and O–H groups in total. The number of nitrogens with two attached hydrogens (primary N) is 1. The number of amides is 1. The molecule has 7 heteroatoms. The molecule has 0 fully saturated rings. The Balaban J connectivity index is 2.32. The molecule has 0 spiro atoms. The number of hydrogen-bond acceptors (Lipinski definition) is 5. The summed E-state index contributed by atoms with van der Waals surface area (Å²) in [5.74, 6) is -0.415. The van der Waals surface area contributed by atoms with Crippen molar-refractivity contribution in [3.63, 3.8) is 0 Å². The molecule has 2 aromatic heterocycles. The third kappa shape index (κ3) is 2.88. The number of carbonyl (C=O) groups excluding carboxylic acids is 1. The largest absolute Gasteiger partial charge is 0.397 e. The Morgan fingerprint density at radius 3 is 2.81 bits per heavy atom. The van der Waals surface area contributed by atoms with Crippen LogP contribution in [0, 0.1) is 0 Å². The van der Waals surface area contributed by atoms with Gasteiger partial charge in [-0.2, -0.15) is 5.10 Å². The molecule has 7 nitrogen and oxygen atoms in total. The molecule has 1 atom stereocenters. The lowest BCUT2D eigenvalue weighted by molar-refractivity contribution is -1.03. The molecule has 1 amide bonds. The minimum Gasteiger partial charge on any atom is -0.397 e. The van der Waals surface area contributed by atoms with Gasteiger partial charge in [-0.1, -0.05) is 13.3 Å². The second kappa shape index (κ2) is 6.19. The van der Waals surface area contributed by atoms with Gasteiger partial charge in [-0.05, 0) is 19.8 Å². The van der Waals surface area contributed by atoms with E-state index in [4.69, 9.17) is 5.73 Å². The molecule has 0 aromatic carbocycles. The number of nitrogens with one attached hydrogen (secondary N) is 1. The molecular formula is C14H22N5O2+. The van der Waals surface area contributed by atoms with E-state index in [0.717, 1.165) is 19.3 Å². The van der Waals surface area contributed by atoms with Crippen molar-refractivity contribution in [3.8, 4) is 0 Å². The molecule has 0 aliphatic heterocycles. The van der Waals surface area contributed by atoms with E-state index in [1.165, 1.54) is 12.4 Å². The normalized spacial score (nSPS) is 14.2. The van der Waals surface area contributed by atoms with Crippen molar-refractivity contribution >= 4 is 22.6 Å². The maximum atomic E-state index is 12.6. The van der Waals surface area contributed by atoms with Crippen LogP contribution in [0.25, 0.3) is 11.0 Å². The number of hydroxylamine groups is 3. The summed E-state index contributed by atoms with van der Waals surface area (Å²) in [5.41, 5.74) is 7.10. The lowest BCUT2D eigenvalue weighted by Crippen LogP contribution is -2.50. The number of aromatic amines is 1. The summed E-state index contributed by atoms with van der Waals surface area (Å²) in [6, 6.07) is 0. The SMILES string of the molecule is CCCCC[N+](O)(CC)C(=O)c1cnc2[nH]ncc2c1N. The van der Waals surface area contributed by atoms with Crippen LogP contribution in [0.2, 0.25) is 0 Å². The van der Waals surface area contributed by atoms with Crippen molar-refractivity contribution in [2.24, 2.45) is 0 Å². The van der Waals surface area contributed by atoms with Gasteiger partial charge in [0.1, 0.15) is 18.7 Å². The molecule has 0 aliphatic carbocycles. The molecule has 0 radical (unpaired) electrons. The number of aromatic nitrogens is 3. The Labute approximate surface area is 123 Å². The smallest absolute Gasteiger partial charge is 0.381 e. The average molecular weight is 292 g/mol. The van der Waals surface area contributed by atoms with E-state index in [1.807, 2.05) is 0 Å². The average Bonchev–Trinajstić information content (AvgIpc) is 2.96. The Morgan fingerprint density at radius 2 is 2.14 bits per heavy atom. The zero-order valence-electron chi connectivity index (χ0n) is 12.5. The molecule has 114 valence electrons. The highest BCUT2D eigenvalue weighted by molar-refractivity contribution is 6.02. The number of anilines is 1. The number of unbranched alkanes of at least 4 members (excludes halogenated alkanes) is 2. The summed E-state index contributed by atoms with van der Waals surface area (Å²) < 4.78 is -0.644. The van der Waals surface area contributed by atoms with Gasteiger partial charge in [0.25, 0.3) is 0 Å². The Morgan fingerprint density at radius 1 is 1.38 bits per heavy atom. The zero-order valence-corrected chi connectivity index (χ0v) is 12.5. The molecule has 0 saturated carbocycles. The molecular weight excluding hydrogens is 270 g/mol. The molecule has 1 unspecified atom stereocenters. The zero-order chi connectivity index (χ0) is 15.5. The number of fused-ring (bicyclic) bond motifs is 1. The highest BCUT2D eigenvalue weighted by atomic mass is 16.6. The van der Waals surface area contributed by atoms with Gasteiger partial charge < -0.3 is 5.73 Å². The van der Waals surface area contributed by atoms with Crippen molar-refractivity contribution in [1.82, 2.24) is 15.2 Å². The predicted octanol–water partition coefficient (Wildman–Crippen LogP) is 2.10. The van der Waals surface area contributed by atoms with Gasteiger partial charge in [-0.25, -0.2) is 15.0 Å². The Kier molecular flexibility index (Phi) is 4.54. The molecule has 0 aliphatic rings.